The predicted molar refractivity (Wildman–Crippen MR) is 65.0 cm³/mol. The molecular formula is C8H3BrClIN2. The van der Waals surface area contributed by atoms with E-state index in [2.05, 4.69) is 48.7 Å². The van der Waals surface area contributed by atoms with Crippen molar-refractivity contribution in [1.82, 2.24) is 10.2 Å². The topological polar surface area (TPSA) is 25.8 Å². The van der Waals surface area contributed by atoms with E-state index < -0.39 is 0 Å². The molecule has 5 heteroatoms. The summed E-state index contributed by atoms with van der Waals surface area (Å²) in [5, 5.41) is 9.58. The van der Waals surface area contributed by atoms with Gasteiger partial charge in [-0.05, 0) is 44.6 Å². The van der Waals surface area contributed by atoms with E-state index in [1.807, 2.05) is 18.2 Å². The predicted octanol–water partition coefficient (Wildman–Crippen LogP) is 3.65. The van der Waals surface area contributed by atoms with Crippen LogP contribution in [-0.4, -0.2) is 10.2 Å². The van der Waals surface area contributed by atoms with E-state index in [9.17, 15) is 0 Å². The lowest BCUT2D eigenvalue weighted by molar-refractivity contribution is 1.04. The molecule has 1 aromatic heterocycles. The number of fused-ring (bicyclic) bond motifs is 1. The molecule has 0 bridgehead atoms. The van der Waals surface area contributed by atoms with Crippen LogP contribution in [0.25, 0.3) is 10.9 Å². The van der Waals surface area contributed by atoms with E-state index in [0.29, 0.717) is 5.02 Å². The third-order valence-electron chi connectivity index (χ3n) is 1.64. The van der Waals surface area contributed by atoms with Gasteiger partial charge in [-0.25, -0.2) is 0 Å². The highest BCUT2D eigenvalue weighted by Gasteiger charge is 2.07. The van der Waals surface area contributed by atoms with Gasteiger partial charge in [0.15, 0.2) is 0 Å². The summed E-state index contributed by atoms with van der Waals surface area (Å²) in [5.41, 5.74) is 0.799. The summed E-state index contributed by atoms with van der Waals surface area (Å²) in [4.78, 5) is 0. The first-order chi connectivity index (χ1) is 6.20. The van der Waals surface area contributed by atoms with Crippen molar-refractivity contribution in [3.8, 4) is 0 Å². The molecule has 1 heterocycles. The molecule has 1 aromatic carbocycles. The average Bonchev–Trinajstić information content (AvgIpc) is 2.12. The van der Waals surface area contributed by atoms with Gasteiger partial charge in [-0.2, -0.15) is 0 Å². The number of nitrogens with zero attached hydrogens (tertiary/aromatic N) is 2. The standard InChI is InChI=1S/C8H3BrClIN2/c9-5-3-1-2-4-6(10)8(11)13-12-7(4)5/h1-3H. The van der Waals surface area contributed by atoms with Crippen LogP contribution in [-0.2, 0) is 0 Å². The molecule has 2 rings (SSSR count). The molecule has 0 saturated carbocycles. The maximum Gasteiger partial charge on any atom is 0.143 e. The summed E-state index contributed by atoms with van der Waals surface area (Å²) in [5.74, 6) is 0. The first kappa shape index (κ1) is 9.61. The Balaban J connectivity index is 2.94. The molecule has 0 saturated heterocycles. The van der Waals surface area contributed by atoms with Crippen LogP contribution in [0.15, 0.2) is 22.7 Å². The normalized spacial score (nSPS) is 10.7. The van der Waals surface area contributed by atoms with Gasteiger partial charge in [-0.15, -0.1) is 10.2 Å². The quantitative estimate of drug-likeness (QED) is 0.663. The second kappa shape index (κ2) is 3.67. The van der Waals surface area contributed by atoms with Crippen molar-refractivity contribution in [2.24, 2.45) is 0 Å². The molecule has 2 nitrogen and oxygen atoms in total. The van der Waals surface area contributed by atoms with Crippen molar-refractivity contribution in [3.05, 3.63) is 31.4 Å². The van der Waals surface area contributed by atoms with Crippen LogP contribution in [0.1, 0.15) is 0 Å². The van der Waals surface area contributed by atoms with Gasteiger partial charge in [-0.3, -0.25) is 0 Å². The smallest absolute Gasteiger partial charge is 0.143 e. The SMILES string of the molecule is Clc1c(I)nnc2c(Br)cccc12. The van der Waals surface area contributed by atoms with Crippen LogP contribution < -0.4 is 0 Å². The van der Waals surface area contributed by atoms with Gasteiger partial charge in [-0.1, -0.05) is 23.7 Å². The van der Waals surface area contributed by atoms with E-state index in [-0.39, 0.29) is 0 Å². The Hall–Kier alpha value is 0.0600. The maximum atomic E-state index is 6.07. The number of benzene rings is 1. The second-order valence-corrected chi connectivity index (χ2v) is 4.69. The van der Waals surface area contributed by atoms with Crippen molar-refractivity contribution in [2.75, 3.05) is 0 Å². The Bertz CT molecular complexity index is 475. The van der Waals surface area contributed by atoms with Crippen molar-refractivity contribution >= 4 is 61.0 Å². The van der Waals surface area contributed by atoms with Crippen LogP contribution in [0.2, 0.25) is 5.02 Å². The van der Waals surface area contributed by atoms with Gasteiger partial charge in [0.1, 0.15) is 9.22 Å². The van der Waals surface area contributed by atoms with E-state index in [1.54, 1.807) is 0 Å². The molecule has 0 fully saturated rings. The minimum atomic E-state index is 0.659. The first-order valence-electron chi connectivity index (χ1n) is 3.46. The minimum Gasteiger partial charge on any atom is -0.148 e. The van der Waals surface area contributed by atoms with Gasteiger partial charge in [0, 0.05) is 9.86 Å². The molecule has 0 aliphatic rings. The van der Waals surface area contributed by atoms with Gasteiger partial charge in [0.2, 0.25) is 0 Å². The fourth-order valence-corrected chi connectivity index (χ4v) is 2.08. The lowest BCUT2D eigenvalue weighted by Crippen LogP contribution is -1.90. The number of hydrogen-bond donors (Lipinski definition) is 0. The van der Waals surface area contributed by atoms with Crippen LogP contribution in [0, 0.1) is 3.70 Å². The first-order valence-corrected chi connectivity index (χ1v) is 5.71. The molecular weight excluding hydrogens is 366 g/mol. The summed E-state index contributed by atoms with van der Waals surface area (Å²) in [6, 6.07) is 5.77. The lowest BCUT2D eigenvalue weighted by Gasteiger charge is -2.01. The second-order valence-electron chi connectivity index (χ2n) is 2.44. The number of rotatable bonds is 0. The third-order valence-corrected chi connectivity index (χ3v) is 3.74. The van der Waals surface area contributed by atoms with Gasteiger partial charge >= 0.3 is 0 Å². The van der Waals surface area contributed by atoms with E-state index in [1.165, 1.54) is 0 Å². The lowest BCUT2D eigenvalue weighted by atomic mass is 10.2. The Kier molecular flexibility index (Phi) is 2.71. The van der Waals surface area contributed by atoms with Crippen LogP contribution in [0.3, 0.4) is 0 Å². The molecule has 0 aliphatic heterocycles. The molecule has 0 atom stereocenters. The highest BCUT2D eigenvalue weighted by Crippen LogP contribution is 2.29. The Morgan fingerprint density at radius 1 is 1.31 bits per heavy atom. The van der Waals surface area contributed by atoms with Crippen LogP contribution in [0.5, 0.6) is 0 Å². The Morgan fingerprint density at radius 3 is 2.85 bits per heavy atom. The van der Waals surface area contributed by atoms with E-state index in [4.69, 9.17) is 11.6 Å². The molecule has 0 N–H and O–H groups in total. The molecule has 0 spiro atoms. The highest BCUT2D eigenvalue weighted by molar-refractivity contribution is 14.1. The zero-order valence-corrected chi connectivity index (χ0v) is 10.8. The van der Waals surface area contributed by atoms with Crippen LogP contribution >= 0.6 is 50.1 Å². The summed E-state index contributed by atoms with van der Waals surface area (Å²) in [7, 11) is 0. The molecule has 0 amide bonds. The van der Waals surface area contributed by atoms with Gasteiger partial charge in [0.25, 0.3) is 0 Å². The fraction of sp³-hybridized carbons (Fsp3) is 0. The zero-order valence-electron chi connectivity index (χ0n) is 6.26. The maximum absolute atomic E-state index is 6.07. The van der Waals surface area contributed by atoms with E-state index >= 15 is 0 Å². The molecule has 66 valence electrons. The average molecular weight is 369 g/mol. The summed E-state index contributed by atoms with van der Waals surface area (Å²) >= 11 is 11.5. The minimum absolute atomic E-state index is 0.659. The summed E-state index contributed by atoms with van der Waals surface area (Å²) < 4.78 is 1.64. The van der Waals surface area contributed by atoms with Gasteiger partial charge < -0.3 is 0 Å². The third kappa shape index (κ3) is 1.67. The molecule has 0 radical (unpaired) electrons. The van der Waals surface area contributed by atoms with Crippen LogP contribution in [0.4, 0.5) is 0 Å². The van der Waals surface area contributed by atoms with Crippen molar-refractivity contribution in [1.29, 1.82) is 0 Å². The van der Waals surface area contributed by atoms with E-state index in [0.717, 1.165) is 19.1 Å². The zero-order chi connectivity index (χ0) is 9.42. The molecule has 2 aromatic rings. The largest absolute Gasteiger partial charge is 0.148 e. The monoisotopic (exact) mass is 368 g/mol. The number of halogens is 3. The fourth-order valence-electron chi connectivity index (χ4n) is 1.04. The Morgan fingerprint density at radius 2 is 2.08 bits per heavy atom. The Labute approximate surface area is 102 Å². The summed E-state index contributed by atoms with van der Waals surface area (Å²) in [6.45, 7) is 0. The number of hydrogen-bond acceptors (Lipinski definition) is 2. The van der Waals surface area contributed by atoms with Gasteiger partial charge in [0.05, 0.1) is 5.02 Å². The summed E-state index contributed by atoms with van der Waals surface area (Å²) in [6.07, 6.45) is 0. The highest BCUT2D eigenvalue weighted by atomic mass is 127. The number of aromatic nitrogens is 2. The van der Waals surface area contributed by atoms with Crippen molar-refractivity contribution < 1.29 is 0 Å². The molecule has 13 heavy (non-hydrogen) atoms. The molecule has 0 unspecified atom stereocenters. The van der Waals surface area contributed by atoms with Crippen molar-refractivity contribution in [2.45, 2.75) is 0 Å². The molecule has 0 aliphatic carbocycles. The van der Waals surface area contributed by atoms with Crippen molar-refractivity contribution in [3.63, 3.8) is 0 Å².